The predicted molar refractivity (Wildman–Crippen MR) is 70.7 cm³/mol. The van der Waals surface area contributed by atoms with Gasteiger partial charge in [0.15, 0.2) is 0 Å². The molecule has 17 heavy (non-hydrogen) atoms. The van der Waals surface area contributed by atoms with Gasteiger partial charge in [-0.05, 0) is 40.5 Å². The van der Waals surface area contributed by atoms with Crippen molar-refractivity contribution >= 4 is 33.7 Å². The second-order valence-electron chi connectivity index (χ2n) is 4.03. The molecule has 1 N–H and O–H groups in total. The molecule has 1 fully saturated rings. The number of rotatable bonds is 4. The monoisotopic (exact) mass is 316 g/mol. The molecule has 1 aliphatic heterocycles. The molecule has 1 aliphatic rings. The van der Waals surface area contributed by atoms with E-state index in [0.717, 1.165) is 28.1 Å². The molecule has 0 radical (unpaired) electrons. The highest BCUT2D eigenvalue weighted by molar-refractivity contribution is 9.10. The fourth-order valence-electron chi connectivity index (χ4n) is 1.49. The summed E-state index contributed by atoms with van der Waals surface area (Å²) in [5.41, 5.74) is 0.818. The molecular formula is C12H13BrO3S. The van der Waals surface area contributed by atoms with Crippen LogP contribution >= 0.6 is 27.7 Å². The number of halogens is 1. The number of thioether (sulfide) groups is 1. The molecule has 0 bridgehead atoms. The van der Waals surface area contributed by atoms with Gasteiger partial charge in [-0.1, -0.05) is 6.07 Å². The Labute approximate surface area is 113 Å². The summed E-state index contributed by atoms with van der Waals surface area (Å²) in [5.74, 6) is -1.28. The quantitative estimate of drug-likeness (QED) is 0.927. The van der Waals surface area contributed by atoms with Crippen LogP contribution in [-0.4, -0.2) is 29.5 Å². The maximum atomic E-state index is 10.9. The van der Waals surface area contributed by atoms with Crippen molar-refractivity contribution in [3.05, 3.63) is 28.2 Å². The summed E-state index contributed by atoms with van der Waals surface area (Å²) >= 11 is 5.26. The number of carboxylic acid groups (broad SMARTS) is 1. The van der Waals surface area contributed by atoms with Gasteiger partial charge < -0.3 is 9.84 Å². The van der Waals surface area contributed by atoms with Gasteiger partial charge in [0.2, 0.25) is 0 Å². The number of benzene rings is 1. The first-order chi connectivity index (χ1) is 8.08. The first-order valence-corrected chi connectivity index (χ1v) is 7.02. The van der Waals surface area contributed by atoms with E-state index in [1.807, 2.05) is 18.2 Å². The first kappa shape index (κ1) is 12.9. The molecular weight excluding hydrogens is 304 g/mol. The Kier molecular flexibility index (Phi) is 4.12. The third kappa shape index (κ3) is 3.03. The van der Waals surface area contributed by atoms with Crippen LogP contribution in [0.4, 0.5) is 0 Å². The fourth-order valence-corrected chi connectivity index (χ4v) is 3.17. The lowest BCUT2D eigenvalue weighted by molar-refractivity contribution is -0.138. The minimum absolute atomic E-state index is 0.475. The average molecular weight is 317 g/mol. The normalized spacial score (nSPS) is 17.5. The van der Waals surface area contributed by atoms with Crippen LogP contribution in [0.5, 0.6) is 0 Å². The number of carbonyl (C=O) groups is 1. The molecule has 92 valence electrons. The van der Waals surface area contributed by atoms with Crippen LogP contribution in [0.15, 0.2) is 27.6 Å². The lowest BCUT2D eigenvalue weighted by Crippen LogP contribution is -2.30. The summed E-state index contributed by atoms with van der Waals surface area (Å²) in [6.45, 7) is 3.28. The lowest BCUT2D eigenvalue weighted by atomic mass is 10.0. The number of ether oxygens (including phenoxy) is 1. The summed E-state index contributed by atoms with van der Waals surface area (Å²) in [6, 6.07) is 5.74. The molecule has 1 heterocycles. The van der Waals surface area contributed by atoms with Gasteiger partial charge in [0.05, 0.1) is 24.4 Å². The molecule has 0 amide bonds. The van der Waals surface area contributed by atoms with Crippen molar-refractivity contribution in [1.29, 1.82) is 0 Å². The van der Waals surface area contributed by atoms with E-state index >= 15 is 0 Å². The molecule has 1 atom stereocenters. The van der Waals surface area contributed by atoms with Crippen LogP contribution in [0.25, 0.3) is 0 Å². The molecule has 1 aromatic rings. The summed E-state index contributed by atoms with van der Waals surface area (Å²) in [7, 11) is 0. The van der Waals surface area contributed by atoms with E-state index in [4.69, 9.17) is 9.84 Å². The van der Waals surface area contributed by atoms with Gasteiger partial charge in [0.25, 0.3) is 0 Å². The number of hydrogen-bond donors (Lipinski definition) is 1. The van der Waals surface area contributed by atoms with Crippen molar-refractivity contribution in [2.24, 2.45) is 0 Å². The van der Waals surface area contributed by atoms with Crippen LogP contribution in [0.3, 0.4) is 0 Å². The Balaban J connectivity index is 2.13. The van der Waals surface area contributed by atoms with Crippen molar-refractivity contribution < 1.29 is 14.6 Å². The summed E-state index contributed by atoms with van der Waals surface area (Å²) in [4.78, 5) is 12.0. The smallest absolute Gasteiger partial charge is 0.310 e. The van der Waals surface area contributed by atoms with Gasteiger partial charge in [-0.25, -0.2) is 0 Å². The summed E-state index contributed by atoms with van der Waals surface area (Å²) < 4.78 is 6.08. The van der Waals surface area contributed by atoms with Gasteiger partial charge >= 0.3 is 5.97 Å². The topological polar surface area (TPSA) is 46.5 Å². The highest BCUT2D eigenvalue weighted by atomic mass is 79.9. The van der Waals surface area contributed by atoms with E-state index in [0.29, 0.717) is 5.25 Å². The van der Waals surface area contributed by atoms with E-state index in [-0.39, 0.29) is 0 Å². The van der Waals surface area contributed by atoms with Crippen LogP contribution in [0.1, 0.15) is 18.4 Å². The molecule has 3 nitrogen and oxygen atoms in total. The van der Waals surface area contributed by atoms with Crippen molar-refractivity contribution in [3.8, 4) is 0 Å². The highest BCUT2D eigenvalue weighted by Crippen LogP contribution is 2.35. The SMILES string of the molecule is CC(C(=O)O)c1ccc(SC2COC2)c(Br)c1. The molecule has 0 saturated carbocycles. The van der Waals surface area contributed by atoms with E-state index in [1.165, 1.54) is 0 Å². The second kappa shape index (κ2) is 5.42. The number of carboxylic acids is 1. The molecule has 2 rings (SSSR count). The lowest BCUT2D eigenvalue weighted by Gasteiger charge is -2.25. The Hall–Kier alpha value is -0.520. The second-order valence-corrected chi connectivity index (χ2v) is 6.22. The van der Waals surface area contributed by atoms with E-state index < -0.39 is 11.9 Å². The minimum atomic E-state index is -0.801. The maximum Gasteiger partial charge on any atom is 0.310 e. The molecule has 1 saturated heterocycles. The van der Waals surface area contributed by atoms with Gasteiger partial charge in [-0.3, -0.25) is 4.79 Å². The van der Waals surface area contributed by atoms with Gasteiger partial charge in [-0.15, -0.1) is 11.8 Å². The maximum absolute atomic E-state index is 10.9. The van der Waals surface area contributed by atoms with Crippen LogP contribution in [0.2, 0.25) is 0 Å². The third-order valence-corrected chi connectivity index (χ3v) is 4.86. The van der Waals surface area contributed by atoms with E-state index in [1.54, 1.807) is 18.7 Å². The zero-order valence-electron chi connectivity index (χ0n) is 9.35. The van der Waals surface area contributed by atoms with Gasteiger partial charge in [-0.2, -0.15) is 0 Å². The molecule has 0 aliphatic carbocycles. The Morgan fingerprint density at radius 2 is 2.29 bits per heavy atom. The average Bonchev–Trinajstić information content (AvgIpc) is 2.23. The third-order valence-electron chi connectivity index (χ3n) is 2.73. The van der Waals surface area contributed by atoms with Crippen LogP contribution in [0, 0.1) is 0 Å². The van der Waals surface area contributed by atoms with Crippen LogP contribution in [-0.2, 0) is 9.53 Å². The summed E-state index contributed by atoms with van der Waals surface area (Å²) in [5, 5.41) is 9.47. The van der Waals surface area contributed by atoms with Crippen LogP contribution < -0.4 is 0 Å². The Morgan fingerprint density at radius 1 is 1.59 bits per heavy atom. The molecule has 1 unspecified atom stereocenters. The largest absolute Gasteiger partial charge is 0.481 e. The number of aliphatic carboxylic acids is 1. The molecule has 0 spiro atoms. The van der Waals surface area contributed by atoms with E-state index in [2.05, 4.69) is 15.9 Å². The van der Waals surface area contributed by atoms with Crippen molar-refractivity contribution in [3.63, 3.8) is 0 Å². The van der Waals surface area contributed by atoms with Crippen molar-refractivity contribution in [2.45, 2.75) is 23.0 Å². The van der Waals surface area contributed by atoms with Gasteiger partial charge in [0, 0.05) is 9.37 Å². The number of hydrogen-bond acceptors (Lipinski definition) is 3. The molecule has 1 aromatic carbocycles. The van der Waals surface area contributed by atoms with Crippen molar-refractivity contribution in [2.75, 3.05) is 13.2 Å². The fraction of sp³-hybridized carbons (Fsp3) is 0.417. The molecule has 0 aromatic heterocycles. The van der Waals surface area contributed by atoms with E-state index in [9.17, 15) is 4.79 Å². The van der Waals surface area contributed by atoms with Crippen molar-refractivity contribution in [1.82, 2.24) is 0 Å². The molecule has 5 heteroatoms. The Morgan fingerprint density at radius 3 is 2.76 bits per heavy atom. The minimum Gasteiger partial charge on any atom is -0.481 e. The zero-order chi connectivity index (χ0) is 12.4. The standard InChI is InChI=1S/C12H13BrO3S/c1-7(12(14)15)8-2-3-11(10(13)4-8)17-9-5-16-6-9/h2-4,7,9H,5-6H2,1H3,(H,14,15). The Bertz CT molecular complexity index is 432. The highest BCUT2D eigenvalue weighted by Gasteiger charge is 2.21. The predicted octanol–water partition coefficient (Wildman–Crippen LogP) is 3.13. The first-order valence-electron chi connectivity index (χ1n) is 5.34. The summed E-state index contributed by atoms with van der Waals surface area (Å²) in [6.07, 6.45) is 0. The van der Waals surface area contributed by atoms with Gasteiger partial charge in [0.1, 0.15) is 0 Å². The zero-order valence-corrected chi connectivity index (χ0v) is 11.8.